The molecule has 2 atom stereocenters. The number of likely N-dealkylation sites (N-methyl/N-ethyl adjacent to an activating group) is 1. The summed E-state index contributed by atoms with van der Waals surface area (Å²) in [7, 11) is 2.26. The van der Waals surface area contributed by atoms with Crippen LogP contribution in [0.25, 0.3) is 0 Å². The van der Waals surface area contributed by atoms with Crippen molar-refractivity contribution in [3.63, 3.8) is 0 Å². The number of nitrogens with zero attached hydrogens (tertiary/aromatic N) is 1. The van der Waals surface area contributed by atoms with E-state index in [1.807, 2.05) is 11.3 Å². The largest absolute Gasteiger partial charge is 0.314 e. The highest BCUT2D eigenvalue weighted by Gasteiger charge is 2.15. The third-order valence-electron chi connectivity index (χ3n) is 4.07. The minimum atomic E-state index is 0.646. The summed E-state index contributed by atoms with van der Waals surface area (Å²) >= 11 is 1.88. The Morgan fingerprint density at radius 2 is 2.39 bits per heavy atom. The third kappa shape index (κ3) is 4.38. The first kappa shape index (κ1) is 14.0. The number of piperidine rings is 1. The summed E-state index contributed by atoms with van der Waals surface area (Å²) in [4.78, 5) is 4.01. The van der Waals surface area contributed by atoms with Crippen LogP contribution in [0.3, 0.4) is 0 Å². The Bertz CT molecular complexity index is 317. The van der Waals surface area contributed by atoms with E-state index in [0.717, 1.165) is 6.04 Å². The van der Waals surface area contributed by atoms with Crippen molar-refractivity contribution in [2.75, 3.05) is 20.1 Å². The lowest BCUT2D eigenvalue weighted by Crippen LogP contribution is -2.39. The molecule has 1 N–H and O–H groups in total. The van der Waals surface area contributed by atoms with Gasteiger partial charge in [0, 0.05) is 17.0 Å². The lowest BCUT2D eigenvalue weighted by Gasteiger charge is -2.29. The number of nitrogens with one attached hydrogen (secondary N) is 1. The Hall–Kier alpha value is -0.380. The minimum absolute atomic E-state index is 0.646. The first-order valence-electron chi connectivity index (χ1n) is 7.21. The van der Waals surface area contributed by atoms with Crippen molar-refractivity contribution in [3.05, 3.63) is 22.4 Å². The van der Waals surface area contributed by atoms with Crippen molar-refractivity contribution in [2.24, 2.45) is 0 Å². The fraction of sp³-hybridized carbons (Fsp3) is 0.733. The molecule has 2 heterocycles. The molecule has 1 aliphatic heterocycles. The van der Waals surface area contributed by atoms with Crippen molar-refractivity contribution >= 4 is 11.3 Å². The molecule has 3 heteroatoms. The molecule has 0 amide bonds. The van der Waals surface area contributed by atoms with Crippen LogP contribution in [0.5, 0.6) is 0 Å². The van der Waals surface area contributed by atoms with Crippen LogP contribution in [0.15, 0.2) is 17.5 Å². The molecule has 1 saturated heterocycles. The zero-order valence-corrected chi connectivity index (χ0v) is 12.5. The van der Waals surface area contributed by atoms with Gasteiger partial charge in [0.25, 0.3) is 0 Å². The molecule has 0 spiro atoms. The summed E-state index contributed by atoms with van der Waals surface area (Å²) in [6.07, 6.45) is 6.62. The molecule has 0 radical (unpaired) electrons. The maximum Gasteiger partial charge on any atom is 0.0112 e. The molecule has 0 aliphatic carbocycles. The molecule has 0 bridgehead atoms. The van der Waals surface area contributed by atoms with Crippen LogP contribution in [0.1, 0.15) is 37.5 Å². The third-order valence-corrected chi connectivity index (χ3v) is 4.97. The molecule has 18 heavy (non-hydrogen) atoms. The van der Waals surface area contributed by atoms with Crippen LogP contribution in [0.4, 0.5) is 0 Å². The Kier molecular flexibility index (Phi) is 5.67. The van der Waals surface area contributed by atoms with Crippen molar-refractivity contribution in [3.8, 4) is 0 Å². The zero-order chi connectivity index (χ0) is 12.8. The molecule has 2 rings (SSSR count). The first-order chi connectivity index (χ1) is 8.75. The van der Waals surface area contributed by atoms with E-state index in [4.69, 9.17) is 0 Å². The second-order valence-corrected chi connectivity index (χ2v) is 6.58. The van der Waals surface area contributed by atoms with E-state index in [-0.39, 0.29) is 0 Å². The summed E-state index contributed by atoms with van der Waals surface area (Å²) in [6.45, 7) is 4.78. The molecule has 1 aliphatic rings. The van der Waals surface area contributed by atoms with Gasteiger partial charge in [0.05, 0.1) is 0 Å². The standard InChI is InChI=1S/C15H26N2S/c1-13(12-15-7-5-11-18-15)17(2)10-8-14-6-3-4-9-16-14/h5,7,11,13-14,16H,3-4,6,8-10,12H2,1-2H3. The van der Waals surface area contributed by atoms with Crippen molar-refractivity contribution in [1.82, 2.24) is 10.2 Å². The summed E-state index contributed by atoms with van der Waals surface area (Å²) < 4.78 is 0. The molecule has 2 unspecified atom stereocenters. The van der Waals surface area contributed by atoms with E-state index >= 15 is 0 Å². The van der Waals surface area contributed by atoms with Gasteiger partial charge >= 0.3 is 0 Å². The predicted molar refractivity (Wildman–Crippen MR) is 80.4 cm³/mol. The van der Waals surface area contributed by atoms with Gasteiger partial charge in [-0.3, -0.25) is 0 Å². The average Bonchev–Trinajstić information content (AvgIpc) is 2.90. The summed E-state index contributed by atoms with van der Waals surface area (Å²) in [5, 5.41) is 5.81. The summed E-state index contributed by atoms with van der Waals surface area (Å²) in [5.74, 6) is 0. The monoisotopic (exact) mass is 266 g/mol. The lowest BCUT2D eigenvalue weighted by molar-refractivity contribution is 0.233. The molecule has 2 nitrogen and oxygen atoms in total. The van der Waals surface area contributed by atoms with Crippen LogP contribution < -0.4 is 5.32 Å². The minimum Gasteiger partial charge on any atom is -0.314 e. The Balaban J connectivity index is 1.68. The van der Waals surface area contributed by atoms with Crippen molar-refractivity contribution < 1.29 is 0 Å². The molecule has 0 aromatic carbocycles. The highest BCUT2D eigenvalue weighted by molar-refractivity contribution is 7.09. The normalized spacial score (nSPS) is 22.3. The molecule has 1 aromatic heterocycles. The molecule has 0 saturated carbocycles. The van der Waals surface area contributed by atoms with Gasteiger partial charge in [0.15, 0.2) is 0 Å². The van der Waals surface area contributed by atoms with Gasteiger partial charge in [-0.15, -0.1) is 11.3 Å². The number of thiophene rings is 1. The SMILES string of the molecule is CC(Cc1cccs1)N(C)CCC1CCCCN1. The van der Waals surface area contributed by atoms with E-state index in [1.165, 1.54) is 50.1 Å². The van der Waals surface area contributed by atoms with Gasteiger partial charge in [-0.2, -0.15) is 0 Å². The molecule has 102 valence electrons. The van der Waals surface area contributed by atoms with E-state index in [9.17, 15) is 0 Å². The first-order valence-corrected chi connectivity index (χ1v) is 8.09. The zero-order valence-electron chi connectivity index (χ0n) is 11.7. The van der Waals surface area contributed by atoms with Crippen LogP contribution in [0.2, 0.25) is 0 Å². The van der Waals surface area contributed by atoms with Gasteiger partial charge in [0.1, 0.15) is 0 Å². The number of hydrogen-bond donors (Lipinski definition) is 1. The summed E-state index contributed by atoms with van der Waals surface area (Å²) in [6, 6.07) is 5.80. The van der Waals surface area contributed by atoms with Crippen LogP contribution in [-0.4, -0.2) is 37.1 Å². The smallest absolute Gasteiger partial charge is 0.0112 e. The molecular weight excluding hydrogens is 240 g/mol. The second kappa shape index (κ2) is 7.27. The van der Waals surface area contributed by atoms with E-state index in [1.54, 1.807) is 0 Å². The molecular formula is C15H26N2S. The Labute approximate surface area is 115 Å². The predicted octanol–water partition coefficient (Wildman–Crippen LogP) is 3.14. The lowest BCUT2D eigenvalue weighted by atomic mass is 10.0. The highest BCUT2D eigenvalue weighted by atomic mass is 32.1. The number of rotatable bonds is 6. The summed E-state index contributed by atoms with van der Waals surface area (Å²) in [5.41, 5.74) is 0. The maximum absolute atomic E-state index is 3.63. The maximum atomic E-state index is 3.63. The van der Waals surface area contributed by atoms with Crippen molar-refractivity contribution in [1.29, 1.82) is 0 Å². The fourth-order valence-electron chi connectivity index (χ4n) is 2.63. The van der Waals surface area contributed by atoms with E-state index in [0.29, 0.717) is 6.04 Å². The van der Waals surface area contributed by atoms with Crippen molar-refractivity contribution in [2.45, 2.75) is 51.1 Å². The van der Waals surface area contributed by atoms with Gasteiger partial charge < -0.3 is 10.2 Å². The highest BCUT2D eigenvalue weighted by Crippen LogP contribution is 2.15. The Morgan fingerprint density at radius 3 is 3.06 bits per heavy atom. The average molecular weight is 266 g/mol. The molecule has 1 fully saturated rings. The van der Waals surface area contributed by atoms with Gasteiger partial charge in [0.2, 0.25) is 0 Å². The molecule has 1 aromatic rings. The van der Waals surface area contributed by atoms with Gasteiger partial charge in [-0.05, 0) is 64.2 Å². The van der Waals surface area contributed by atoms with Crippen LogP contribution in [-0.2, 0) is 6.42 Å². The van der Waals surface area contributed by atoms with E-state index in [2.05, 4.69) is 41.7 Å². The van der Waals surface area contributed by atoms with Gasteiger partial charge in [-0.25, -0.2) is 0 Å². The van der Waals surface area contributed by atoms with E-state index < -0.39 is 0 Å². The van der Waals surface area contributed by atoms with Crippen LogP contribution >= 0.6 is 11.3 Å². The number of hydrogen-bond acceptors (Lipinski definition) is 3. The van der Waals surface area contributed by atoms with Gasteiger partial charge in [-0.1, -0.05) is 12.5 Å². The van der Waals surface area contributed by atoms with Crippen LogP contribution in [0, 0.1) is 0 Å². The topological polar surface area (TPSA) is 15.3 Å². The second-order valence-electron chi connectivity index (χ2n) is 5.55. The quantitative estimate of drug-likeness (QED) is 0.851. The fourth-order valence-corrected chi connectivity index (χ4v) is 3.45. The Morgan fingerprint density at radius 1 is 1.50 bits per heavy atom.